The van der Waals surface area contributed by atoms with Crippen LogP contribution in [0, 0.1) is 5.82 Å². The van der Waals surface area contributed by atoms with Crippen molar-refractivity contribution >= 4 is 5.91 Å². The molecule has 0 atom stereocenters. The van der Waals surface area contributed by atoms with Gasteiger partial charge >= 0.3 is 0 Å². The second-order valence-electron chi connectivity index (χ2n) is 4.47. The quantitative estimate of drug-likeness (QED) is 0.824. The molecule has 19 heavy (non-hydrogen) atoms. The average molecular weight is 257 g/mol. The van der Waals surface area contributed by atoms with Gasteiger partial charge in [0.05, 0.1) is 0 Å². The summed E-state index contributed by atoms with van der Waals surface area (Å²) in [6.07, 6.45) is 0.718. The standard InChI is InChI=1S/C16H16FNO/c1-18(16(19)14-5-3-2-4-6-14)12-11-13-7-9-15(17)10-8-13/h2-10H,11-12H2,1H3. The summed E-state index contributed by atoms with van der Waals surface area (Å²) in [4.78, 5) is 13.8. The number of hydrogen-bond acceptors (Lipinski definition) is 1. The van der Waals surface area contributed by atoms with Gasteiger partial charge in [0, 0.05) is 19.2 Å². The number of halogens is 1. The molecule has 0 fully saturated rings. The lowest BCUT2D eigenvalue weighted by Crippen LogP contribution is -2.28. The minimum absolute atomic E-state index is 0.00251. The Labute approximate surface area is 112 Å². The van der Waals surface area contributed by atoms with E-state index in [0.717, 1.165) is 12.0 Å². The molecule has 0 saturated carbocycles. The van der Waals surface area contributed by atoms with Crippen LogP contribution in [-0.2, 0) is 6.42 Å². The molecule has 0 aliphatic rings. The largest absolute Gasteiger partial charge is 0.341 e. The molecule has 1 amide bonds. The van der Waals surface area contributed by atoms with Gasteiger partial charge in [0.15, 0.2) is 0 Å². The maximum atomic E-state index is 12.8. The first-order valence-electron chi connectivity index (χ1n) is 6.22. The van der Waals surface area contributed by atoms with Crippen molar-refractivity contribution in [2.24, 2.45) is 0 Å². The van der Waals surface area contributed by atoms with E-state index in [1.54, 1.807) is 36.2 Å². The van der Waals surface area contributed by atoms with Crippen molar-refractivity contribution in [3.63, 3.8) is 0 Å². The number of nitrogens with zero attached hydrogens (tertiary/aromatic N) is 1. The zero-order valence-corrected chi connectivity index (χ0v) is 10.8. The van der Waals surface area contributed by atoms with Crippen molar-refractivity contribution in [1.82, 2.24) is 4.90 Å². The zero-order chi connectivity index (χ0) is 13.7. The van der Waals surface area contributed by atoms with Gasteiger partial charge in [-0.2, -0.15) is 0 Å². The Morgan fingerprint density at radius 3 is 2.32 bits per heavy atom. The Bertz CT molecular complexity index is 536. The lowest BCUT2D eigenvalue weighted by molar-refractivity contribution is 0.0796. The number of rotatable bonds is 4. The minimum Gasteiger partial charge on any atom is -0.341 e. The van der Waals surface area contributed by atoms with Crippen LogP contribution in [0.5, 0.6) is 0 Å². The average Bonchev–Trinajstić information content (AvgIpc) is 2.46. The monoisotopic (exact) mass is 257 g/mol. The molecule has 0 unspecified atom stereocenters. The van der Waals surface area contributed by atoms with Crippen LogP contribution in [0.3, 0.4) is 0 Å². The minimum atomic E-state index is -0.238. The van der Waals surface area contributed by atoms with E-state index in [1.165, 1.54) is 12.1 Å². The summed E-state index contributed by atoms with van der Waals surface area (Å²) in [5.41, 5.74) is 1.71. The van der Waals surface area contributed by atoms with Crippen molar-refractivity contribution in [1.29, 1.82) is 0 Å². The molecule has 0 aliphatic heterocycles. The highest BCUT2D eigenvalue weighted by molar-refractivity contribution is 5.93. The van der Waals surface area contributed by atoms with E-state index in [4.69, 9.17) is 0 Å². The summed E-state index contributed by atoms with van der Waals surface area (Å²) >= 11 is 0. The second-order valence-corrected chi connectivity index (χ2v) is 4.47. The molecule has 2 aromatic rings. The van der Waals surface area contributed by atoms with Crippen LogP contribution in [0.1, 0.15) is 15.9 Å². The molecule has 0 bridgehead atoms. The number of carbonyl (C=O) groups is 1. The van der Waals surface area contributed by atoms with Gasteiger partial charge in [-0.15, -0.1) is 0 Å². The van der Waals surface area contributed by atoms with Gasteiger partial charge in [-0.3, -0.25) is 4.79 Å². The lowest BCUT2D eigenvalue weighted by atomic mass is 10.1. The van der Waals surface area contributed by atoms with Gasteiger partial charge in [-0.05, 0) is 36.2 Å². The first-order valence-corrected chi connectivity index (χ1v) is 6.22. The highest BCUT2D eigenvalue weighted by Gasteiger charge is 2.10. The van der Waals surface area contributed by atoms with Crippen LogP contribution in [0.2, 0.25) is 0 Å². The van der Waals surface area contributed by atoms with Crippen molar-refractivity contribution in [3.8, 4) is 0 Å². The lowest BCUT2D eigenvalue weighted by Gasteiger charge is -2.17. The van der Waals surface area contributed by atoms with Gasteiger partial charge in [0.1, 0.15) is 5.82 Å². The van der Waals surface area contributed by atoms with Gasteiger partial charge in [0.25, 0.3) is 5.91 Å². The summed E-state index contributed by atoms with van der Waals surface area (Å²) in [5, 5.41) is 0. The fraction of sp³-hybridized carbons (Fsp3) is 0.188. The molecule has 2 rings (SSSR count). The number of carbonyl (C=O) groups excluding carboxylic acids is 1. The molecule has 0 aromatic heterocycles. The highest BCUT2D eigenvalue weighted by Crippen LogP contribution is 2.07. The fourth-order valence-corrected chi connectivity index (χ4v) is 1.85. The fourth-order valence-electron chi connectivity index (χ4n) is 1.85. The third kappa shape index (κ3) is 3.65. The van der Waals surface area contributed by atoms with Gasteiger partial charge in [-0.25, -0.2) is 4.39 Å². The molecule has 2 nitrogen and oxygen atoms in total. The molecular formula is C16H16FNO. The molecule has 0 N–H and O–H groups in total. The predicted octanol–water partition coefficient (Wildman–Crippen LogP) is 3.14. The Morgan fingerprint density at radius 2 is 1.68 bits per heavy atom. The van der Waals surface area contributed by atoms with Crippen molar-refractivity contribution in [2.45, 2.75) is 6.42 Å². The molecule has 0 heterocycles. The molecule has 0 saturated heterocycles. The predicted molar refractivity (Wildman–Crippen MR) is 73.5 cm³/mol. The molecule has 0 spiro atoms. The van der Waals surface area contributed by atoms with Crippen LogP contribution in [0.25, 0.3) is 0 Å². The molecule has 3 heteroatoms. The Morgan fingerprint density at radius 1 is 1.05 bits per heavy atom. The van der Waals surface area contributed by atoms with E-state index in [-0.39, 0.29) is 11.7 Å². The summed E-state index contributed by atoms with van der Waals surface area (Å²) in [5.74, 6) is -0.236. The highest BCUT2D eigenvalue weighted by atomic mass is 19.1. The van der Waals surface area contributed by atoms with E-state index < -0.39 is 0 Å². The van der Waals surface area contributed by atoms with E-state index in [0.29, 0.717) is 12.1 Å². The first kappa shape index (κ1) is 13.3. The van der Waals surface area contributed by atoms with E-state index >= 15 is 0 Å². The maximum absolute atomic E-state index is 12.8. The maximum Gasteiger partial charge on any atom is 0.253 e. The van der Waals surface area contributed by atoms with Gasteiger partial charge in [0.2, 0.25) is 0 Å². The Balaban J connectivity index is 1.92. The number of likely N-dealkylation sites (N-methyl/N-ethyl adjacent to an activating group) is 1. The zero-order valence-electron chi connectivity index (χ0n) is 10.8. The summed E-state index contributed by atoms with van der Waals surface area (Å²) in [7, 11) is 1.78. The summed E-state index contributed by atoms with van der Waals surface area (Å²) in [6.45, 7) is 0.610. The summed E-state index contributed by atoms with van der Waals surface area (Å²) in [6, 6.07) is 15.6. The molecule has 98 valence electrons. The third-order valence-electron chi connectivity index (χ3n) is 3.02. The van der Waals surface area contributed by atoms with Crippen molar-refractivity contribution in [3.05, 3.63) is 71.5 Å². The Hall–Kier alpha value is -2.16. The Kier molecular flexibility index (Phi) is 4.29. The second kappa shape index (κ2) is 6.14. The SMILES string of the molecule is CN(CCc1ccc(F)cc1)C(=O)c1ccccc1. The van der Waals surface area contributed by atoms with E-state index in [1.807, 2.05) is 18.2 Å². The molecule has 0 aliphatic carbocycles. The van der Waals surface area contributed by atoms with Gasteiger partial charge in [-0.1, -0.05) is 30.3 Å². The normalized spacial score (nSPS) is 10.2. The van der Waals surface area contributed by atoms with Crippen LogP contribution < -0.4 is 0 Å². The smallest absolute Gasteiger partial charge is 0.253 e. The van der Waals surface area contributed by atoms with Crippen LogP contribution in [-0.4, -0.2) is 24.4 Å². The van der Waals surface area contributed by atoms with Gasteiger partial charge < -0.3 is 4.90 Å². The molecule has 2 aromatic carbocycles. The number of benzene rings is 2. The van der Waals surface area contributed by atoms with Crippen LogP contribution >= 0.6 is 0 Å². The number of hydrogen-bond donors (Lipinski definition) is 0. The molecular weight excluding hydrogens is 241 g/mol. The van der Waals surface area contributed by atoms with E-state index in [2.05, 4.69) is 0 Å². The van der Waals surface area contributed by atoms with E-state index in [9.17, 15) is 9.18 Å². The first-order chi connectivity index (χ1) is 9.16. The van der Waals surface area contributed by atoms with Crippen molar-refractivity contribution < 1.29 is 9.18 Å². The topological polar surface area (TPSA) is 20.3 Å². The van der Waals surface area contributed by atoms with Crippen LogP contribution in [0.15, 0.2) is 54.6 Å². The van der Waals surface area contributed by atoms with Crippen molar-refractivity contribution in [2.75, 3.05) is 13.6 Å². The van der Waals surface area contributed by atoms with Crippen LogP contribution in [0.4, 0.5) is 4.39 Å². The molecule has 0 radical (unpaired) electrons. The third-order valence-corrected chi connectivity index (χ3v) is 3.02. The summed E-state index contributed by atoms with van der Waals surface area (Å²) < 4.78 is 12.8. The number of amides is 1.